The van der Waals surface area contributed by atoms with E-state index in [9.17, 15) is 8.42 Å². The van der Waals surface area contributed by atoms with Crippen LogP contribution in [-0.2, 0) is 19.3 Å². The normalized spacial score (nSPS) is 11.3. The van der Waals surface area contributed by atoms with Crippen LogP contribution in [0.25, 0.3) is 11.1 Å². The number of sulfone groups is 1. The van der Waals surface area contributed by atoms with Gasteiger partial charge in [-0.15, -0.1) is 11.8 Å². The largest absolute Gasteiger partial charge is 0.491 e. The van der Waals surface area contributed by atoms with E-state index in [1.165, 1.54) is 0 Å². The first-order valence-electron chi connectivity index (χ1n) is 12.0. The van der Waals surface area contributed by atoms with E-state index in [1.807, 2.05) is 38.1 Å². The minimum atomic E-state index is -3.63. The summed E-state index contributed by atoms with van der Waals surface area (Å²) in [6.45, 7) is 14.0. The third-order valence-electron chi connectivity index (χ3n) is 5.18. The van der Waals surface area contributed by atoms with E-state index in [1.54, 1.807) is 48.2 Å². The quantitative estimate of drug-likeness (QED) is 0.120. The van der Waals surface area contributed by atoms with E-state index in [4.69, 9.17) is 14.2 Å². The highest BCUT2D eigenvalue weighted by Gasteiger charge is 2.17. The lowest BCUT2D eigenvalue weighted by Crippen LogP contribution is -2.08. The molecule has 3 rings (SSSR count). The molecule has 0 saturated heterocycles. The zero-order chi connectivity index (χ0) is 26.7. The first-order valence-corrected chi connectivity index (χ1v) is 14.5. The smallest absolute Gasteiger partial charge is 0.206 e. The van der Waals surface area contributed by atoms with Gasteiger partial charge in [0.15, 0.2) is 0 Å². The maximum absolute atomic E-state index is 13.1. The van der Waals surface area contributed by atoms with Crippen molar-refractivity contribution in [2.45, 2.75) is 28.5 Å². The summed E-state index contributed by atoms with van der Waals surface area (Å²) in [6.07, 6.45) is 0. The molecule has 0 saturated carbocycles. The Kier molecular flexibility index (Phi) is 11.0. The summed E-state index contributed by atoms with van der Waals surface area (Å²) in [4.78, 5) is 1.63. The van der Waals surface area contributed by atoms with Crippen LogP contribution in [-0.4, -0.2) is 47.2 Å². The van der Waals surface area contributed by atoms with Crippen LogP contribution >= 0.6 is 11.8 Å². The van der Waals surface area contributed by atoms with Gasteiger partial charge in [0.2, 0.25) is 9.84 Å². The van der Waals surface area contributed by atoms with Crippen LogP contribution in [0.5, 0.6) is 5.75 Å². The number of thioether (sulfide) groups is 1. The second kappa shape index (κ2) is 14.2. The van der Waals surface area contributed by atoms with Crippen molar-refractivity contribution in [3.63, 3.8) is 0 Å². The lowest BCUT2D eigenvalue weighted by atomic mass is 10.1. The SMILES string of the molecule is C=C(C)COCCOc1ccc(S(=O)(=O)c2ccc(-c3ccc(SCCOCC(=C)C)cc3)cc2)cc1. The fourth-order valence-electron chi connectivity index (χ4n) is 3.35. The first kappa shape index (κ1) is 28.7. The van der Waals surface area contributed by atoms with Crippen LogP contribution < -0.4 is 4.74 Å². The molecular weight excluding hydrogens is 504 g/mol. The molecule has 5 nitrogen and oxygen atoms in total. The number of hydrogen-bond acceptors (Lipinski definition) is 6. The maximum Gasteiger partial charge on any atom is 0.206 e. The topological polar surface area (TPSA) is 61.8 Å². The van der Waals surface area contributed by atoms with Crippen LogP contribution in [0.2, 0.25) is 0 Å². The van der Waals surface area contributed by atoms with Crippen molar-refractivity contribution >= 4 is 21.6 Å². The lowest BCUT2D eigenvalue weighted by molar-refractivity contribution is 0.117. The lowest BCUT2D eigenvalue weighted by Gasteiger charge is -2.10. The molecule has 0 fully saturated rings. The zero-order valence-electron chi connectivity index (χ0n) is 21.4. The van der Waals surface area contributed by atoms with Crippen LogP contribution in [0.4, 0.5) is 0 Å². The molecule has 0 aliphatic heterocycles. The molecule has 0 unspecified atom stereocenters. The van der Waals surface area contributed by atoms with Crippen molar-refractivity contribution < 1.29 is 22.6 Å². The highest BCUT2D eigenvalue weighted by molar-refractivity contribution is 7.99. The Bertz CT molecular complexity index is 1260. The molecule has 0 aliphatic rings. The van der Waals surface area contributed by atoms with E-state index in [0.29, 0.717) is 38.8 Å². The fraction of sp³-hybridized carbons (Fsp3) is 0.267. The van der Waals surface area contributed by atoms with Gasteiger partial charge < -0.3 is 14.2 Å². The van der Waals surface area contributed by atoms with E-state index < -0.39 is 9.84 Å². The van der Waals surface area contributed by atoms with Crippen LogP contribution in [0, 0.1) is 0 Å². The molecule has 0 spiro atoms. The third-order valence-corrected chi connectivity index (χ3v) is 7.94. The number of benzene rings is 3. The number of rotatable bonds is 15. The van der Waals surface area contributed by atoms with E-state index >= 15 is 0 Å². The van der Waals surface area contributed by atoms with Crippen molar-refractivity contribution in [2.24, 2.45) is 0 Å². The van der Waals surface area contributed by atoms with Crippen molar-refractivity contribution in [1.82, 2.24) is 0 Å². The molecule has 37 heavy (non-hydrogen) atoms. The molecule has 0 heterocycles. The van der Waals surface area contributed by atoms with Gasteiger partial charge in [-0.1, -0.05) is 48.6 Å². The number of hydrogen-bond donors (Lipinski definition) is 0. The average Bonchev–Trinajstić information content (AvgIpc) is 2.89. The summed E-state index contributed by atoms with van der Waals surface area (Å²) in [7, 11) is -3.63. The Balaban J connectivity index is 1.55. The Hall–Kier alpha value is -2.84. The fourth-order valence-corrected chi connectivity index (χ4v) is 5.38. The highest BCUT2D eigenvalue weighted by atomic mass is 32.2. The highest BCUT2D eigenvalue weighted by Crippen LogP contribution is 2.28. The summed E-state index contributed by atoms with van der Waals surface area (Å²) in [5.41, 5.74) is 3.96. The van der Waals surface area contributed by atoms with Gasteiger partial charge in [0.05, 0.1) is 36.2 Å². The Labute approximate surface area is 225 Å². The van der Waals surface area contributed by atoms with Gasteiger partial charge in [0.25, 0.3) is 0 Å². The molecule has 3 aromatic carbocycles. The summed E-state index contributed by atoms with van der Waals surface area (Å²) in [5, 5.41) is 0. The third kappa shape index (κ3) is 9.20. The minimum absolute atomic E-state index is 0.222. The molecule has 0 bridgehead atoms. The van der Waals surface area contributed by atoms with Gasteiger partial charge in [0, 0.05) is 10.6 Å². The predicted molar refractivity (Wildman–Crippen MR) is 151 cm³/mol. The maximum atomic E-state index is 13.1. The Morgan fingerprint density at radius 2 is 1.19 bits per heavy atom. The second-order valence-electron chi connectivity index (χ2n) is 8.74. The predicted octanol–water partition coefficient (Wildman–Crippen LogP) is 6.84. The van der Waals surface area contributed by atoms with Gasteiger partial charge in [-0.05, 0) is 73.5 Å². The molecule has 3 aromatic rings. The molecule has 0 atom stereocenters. The van der Waals surface area contributed by atoms with Crippen molar-refractivity contribution in [1.29, 1.82) is 0 Å². The summed E-state index contributed by atoms with van der Waals surface area (Å²) in [6, 6.07) is 21.6. The van der Waals surface area contributed by atoms with Gasteiger partial charge in [-0.25, -0.2) is 8.42 Å². The summed E-state index contributed by atoms with van der Waals surface area (Å²) < 4.78 is 42.7. The average molecular weight is 539 g/mol. The second-order valence-corrected chi connectivity index (χ2v) is 11.9. The van der Waals surface area contributed by atoms with Crippen LogP contribution in [0.3, 0.4) is 0 Å². The molecule has 0 aromatic heterocycles. The molecule has 0 amide bonds. The monoisotopic (exact) mass is 538 g/mol. The van der Waals surface area contributed by atoms with Gasteiger partial charge in [-0.3, -0.25) is 0 Å². The van der Waals surface area contributed by atoms with Gasteiger partial charge in [0.1, 0.15) is 12.4 Å². The van der Waals surface area contributed by atoms with Gasteiger partial charge >= 0.3 is 0 Å². The molecular formula is C30H34O5S2. The summed E-state index contributed by atoms with van der Waals surface area (Å²) >= 11 is 1.74. The summed E-state index contributed by atoms with van der Waals surface area (Å²) in [5.74, 6) is 1.46. The zero-order valence-corrected chi connectivity index (χ0v) is 23.1. The number of ether oxygens (including phenoxy) is 3. The Morgan fingerprint density at radius 1 is 0.703 bits per heavy atom. The molecule has 7 heteroatoms. The molecule has 0 radical (unpaired) electrons. The van der Waals surface area contributed by atoms with E-state index in [0.717, 1.165) is 32.9 Å². The first-order chi connectivity index (χ1) is 17.8. The van der Waals surface area contributed by atoms with E-state index in [2.05, 4.69) is 25.3 Å². The van der Waals surface area contributed by atoms with Crippen molar-refractivity contribution in [3.05, 3.63) is 97.1 Å². The standard InChI is InChI=1S/C30H34O5S2/c1-23(2)21-33-17-18-35-27-9-15-30(16-10-27)37(31,32)29-13-7-26(8-14-29)25-5-11-28(12-6-25)36-20-19-34-22-24(3)4/h5-16H,1,3,17-22H2,2,4H3. The molecule has 0 N–H and O–H groups in total. The van der Waals surface area contributed by atoms with Crippen LogP contribution in [0.15, 0.2) is 112 Å². The van der Waals surface area contributed by atoms with Crippen molar-refractivity contribution in [2.75, 3.05) is 38.8 Å². The molecule has 0 aliphatic carbocycles. The molecule has 196 valence electrons. The van der Waals surface area contributed by atoms with Gasteiger partial charge in [-0.2, -0.15) is 0 Å². The van der Waals surface area contributed by atoms with Crippen LogP contribution in [0.1, 0.15) is 13.8 Å². The van der Waals surface area contributed by atoms with E-state index in [-0.39, 0.29) is 9.79 Å². The minimum Gasteiger partial charge on any atom is -0.491 e. The van der Waals surface area contributed by atoms with Crippen molar-refractivity contribution in [3.8, 4) is 16.9 Å². The Morgan fingerprint density at radius 3 is 1.73 bits per heavy atom.